The fourth-order valence-electron chi connectivity index (χ4n) is 2.67. The molecule has 0 bridgehead atoms. The summed E-state index contributed by atoms with van der Waals surface area (Å²) >= 11 is 0. The molecule has 0 atom stereocenters. The van der Waals surface area contributed by atoms with Crippen LogP contribution in [0.5, 0.6) is 0 Å². The van der Waals surface area contributed by atoms with E-state index in [4.69, 9.17) is 5.11 Å². The highest BCUT2D eigenvalue weighted by Gasteiger charge is 2.13. The molecule has 9 heteroatoms. The number of hydrogen-bond acceptors (Lipinski definition) is 5. The summed E-state index contributed by atoms with van der Waals surface area (Å²) in [6, 6.07) is 12.0. The maximum atomic E-state index is 12.1. The lowest BCUT2D eigenvalue weighted by Crippen LogP contribution is -2.15. The van der Waals surface area contributed by atoms with Gasteiger partial charge in [0.2, 0.25) is 5.82 Å². The molecule has 27 heavy (non-hydrogen) atoms. The molecule has 0 aliphatic rings. The van der Waals surface area contributed by atoms with E-state index in [1.807, 2.05) is 18.2 Å². The number of pyridine rings is 1. The molecule has 3 N–H and O–H groups in total. The van der Waals surface area contributed by atoms with Gasteiger partial charge in [-0.2, -0.15) is 0 Å². The number of aromatic nitrogens is 5. The minimum absolute atomic E-state index is 0.0528. The zero-order valence-corrected chi connectivity index (χ0v) is 14.2. The predicted molar refractivity (Wildman–Crippen MR) is 97.4 cm³/mol. The average Bonchev–Trinajstić information content (AvgIpc) is 3.27. The molecule has 0 radical (unpaired) electrons. The maximum Gasteiger partial charge on any atom is 0.335 e. The summed E-state index contributed by atoms with van der Waals surface area (Å²) < 4.78 is 1.44. The number of H-pyrrole nitrogens is 1. The van der Waals surface area contributed by atoms with Crippen molar-refractivity contribution in [1.82, 2.24) is 24.7 Å². The number of fused-ring (bicyclic) bond motifs is 1. The second-order valence-electron chi connectivity index (χ2n) is 5.90. The van der Waals surface area contributed by atoms with Gasteiger partial charge >= 0.3 is 5.97 Å². The summed E-state index contributed by atoms with van der Waals surface area (Å²) in [4.78, 5) is 34.7. The van der Waals surface area contributed by atoms with Crippen molar-refractivity contribution in [3.05, 3.63) is 60.2 Å². The molecule has 3 heterocycles. The highest BCUT2D eigenvalue weighted by Crippen LogP contribution is 2.25. The second-order valence-corrected chi connectivity index (χ2v) is 5.90. The quantitative estimate of drug-likeness (QED) is 0.511. The molecule has 1 aromatic carbocycles. The molecule has 0 aliphatic heterocycles. The summed E-state index contributed by atoms with van der Waals surface area (Å²) in [7, 11) is 1.67. The first kappa shape index (κ1) is 16.5. The molecule has 9 nitrogen and oxygen atoms in total. The minimum Gasteiger partial charge on any atom is -0.478 e. The van der Waals surface area contributed by atoms with Gasteiger partial charge in [-0.25, -0.2) is 14.8 Å². The van der Waals surface area contributed by atoms with Crippen LogP contribution in [0, 0.1) is 0 Å². The Balaban J connectivity index is 1.63. The fourth-order valence-corrected chi connectivity index (χ4v) is 2.67. The van der Waals surface area contributed by atoms with Crippen molar-refractivity contribution >= 4 is 28.7 Å². The molecule has 1 amide bonds. The van der Waals surface area contributed by atoms with Gasteiger partial charge in [-0.1, -0.05) is 12.1 Å². The van der Waals surface area contributed by atoms with E-state index in [2.05, 4.69) is 25.4 Å². The topological polar surface area (TPSA) is 126 Å². The standard InChI is InChI=1S/C18H14N6O3/c1-24-9-19-16(23-24)17(25)22-14-6-5-11-8-13(20-15(11)21-14)10-3-2-4-12(7-10)18(26)27/h2-9H,1H3,(H,26,27)(H2,20,21,22,25). The third-order valence-corrected chi connectivity index (χ3v) is 3.94. The number of benzene rings is 1. The first-order valence-electron chi connectivity index (χ1n) is 8.00. The third kappa shape index (κ3) is 3.25. The number of carbonyl (C=O) groups excluding carboxylic acids is 1. The number of anilines is 1. The Morgan fingerprint density at radius 1 is 1.19 bits per heavy atom. The van der Waals surface area contributed by atoms with Crippen LogP contribution < -0.4 is 5.32 Å². The Kier molecular flexibility index (Phi) is 3.88. The maximum absolute atomic E-state index is 12.1. The Labute approximate surface area is 152 Å². The number of aromatic carboxylic acids is 1. The van der Waals surface area contributed by atoms with Gasteiger partial charge in [0.25, 0.3) is 5.91 Å². The molecule has 134 valence electrons. The zero-order chi connectivity index (χ0) is 19.0. The monoisotopic (exact) mass is 362 g/mol. The fraction of sp³-hybridized carbons (Fsp3) is 0.0556. The van der Waals surface area contributed by atoms with Gasteiger partial charge in [0.1, 0.15) is 17.8 Å². The van der Waals surface area contributed by atoms with Gasteiger partial charge < -0.3 is 15.4 Å². The Morgan fingerprint density at radius 2 is 2.04 bits per heavy atom. The molecule has 0 saturated carbocycles. The molecule has 4 aromatic rings. The van der Waals surface area contributed by atoms with Crippen LogP contribution in [0.25, 0.3) is 22.3 Å². The van der Waals surface area contributed by atoms with Crippen LogP contribution in [0.15, 0.2) is 48.8 Å². The molecule has 0 spiro atoms. The van der Waals surface area contributed by atoms with Crippen molar-refractivity contribution in [2.75, 3.05) is 5.32 Å². The lowest BCUT2D eigenvalue weighted by Gasteiger charge is -2.01. The zero-order valence-electron chi connectivity index (χ0n) is 14.2. The molecule has 0 aliphatic carbocycles. The number of aromatic amines is 1. The van der Waals surface area contributed by atoms with E-state index in [-0.39, 0.29) is 11.4 Å². The number of nitrogens with one attached hydrogen (secondary N) is 2. The van der Waals surface area contributed by atoms with Crippen LogP contribution in [0.4, 0.5) is 5.82 Å². The Morgan fingerprint density at radius 3 is 2.78 bits per heavy atom. The van der Waals surface area contributed by atoms with Gasteiger partial charge in [0.15, 0.2) is 0 Å². The number of carbonyl (C=O) groups is 2. The number of amides is 1. The van der Waals surface area contributed by atoms with Crippen LogP contribution >= 0.6 is 0 Å². The normalized spacial score (nSPS) is 10.9. The van der Waals surface area contributed by atoms with Crippen molar-refractivity contribution in [1.29, 1.82) is 0 Å². The van der Waals surface area contributed by atoms with E-state index in [0.717, 1.165) is 16.6 Å². The smallest absolute Gasteiger partial charge is 0.335 e. The minimum atomic E-state index is -0.987. The van der Waals surface area contributed by atoms with Crippen molar-refractivity contribution < 1.29 is 14.7 Å². The van der Waals surface area contributed by atoms with Gasteiger partial charge in [-0.05, 0) is 35.9 Å². The molecular weight excluding hydrogens is 348 g/mol. The van der Waals surface area contributed by atoms with E-state index in [0.29, 0.717) is 11.5 Å². The third-order valence-electron chi connectivity index (χ3n) is 3.94. The van der Waals surface area contributed by atoms with Crippen LogP contribution in [-0.2, 0) is 7.05 Å². The number of nitrogens with zero attached hydrogens (tertiary/aromatic N) is 4. The van der Waals surface area contributed by atoms with Gasteiger partial charge in [-0.15, -0.1) is 5.10 Å². The Hall–Kier alpha value is -4.01. The van der Waals surface area contributed by atoms with E-state index >= 15 is 0 Å². The number of carboxylic acid groups (broad SMARTS) is 1. The average molecular weight is 362 g/mol. The van der Waals surface area contributed by atoms with E-state index in [9.17, 15) is 9.59 Å². The highest BCUT2D eigenvalue weighted by atomic mass is 16.4. The number of carboxylic acids is 1. The lowest BCUT2D eigenvalue weighted by atomic mass is 10.1. The molecule has 4 rings (SSSR count). The summed E-state index contributed by atoms with van der Waals surface area (Å²) in [6.07, 6.45) is 1.44. The van der Waals surface area contributed by atoms with Crippen LogP contribution in [0.3, 0.4) is 0 Å². The van der Waals surface area contributed by atoms with Crippen molar-refractivity contribution in [3.63, 3.8) is 0 Å². The van der Waals surface area contributed by atoms with Crippen molar-refractivity contribution in [2.45, 2.75) is 0 Å². The van der Waals surface area contributed by atoms with E-state index in [1.54, 1.807) is 25.2 Å². The summed E-state index contributed by atoms with van der Waals surface area (Å²) in [5.41, 5.74) is 2.24. The highest BCUT2D eigenvalue weighted by molar-refractivity contribution is 6.01. The first-order valence-corrected chi connectivity index (χ1v) is 8.00. The van der Waals surface area contributed by atoms with Crippen molar-refractivity contribution in [2.24, 2.45) is 7.05 Å². The van der Waals surface area contributed by atoms with Gasteiger partial charge in [0.05, 0.1) is 5.56 Å². The van der Waals surface area contributed by atoms with Gasteiger partial charge in [-0.3, -0.25) is 9.48 Å². The van der Waals surface area contributed by atoms with E-state index in [1.165, 1.54) is 17.1 Å². The number of aryl methyl sites for hydroxylation is 1. The van der Waals surface area contributed by atoms with Crippen molar-refractivity contribution in [3.8, 4) is 11.3 Å². The molecular formula is C18H14N6O3. The molecule has 0 saturated heterocycles. The van der Waals surface area contributed by atoms with Crippen LogP contribution in [0.1, 0.15) is 21.0 Å². The number of hydrogen-bond donors (Lipinski definition) is 3. The molecule has 3 aromatic heterocycles. The largest absolute Gasteiger partial charge is 0.478 e. The lowest BCUT2D eigenvalue weighted by molar-refractivity contribution is 0.0696. The van der Waals surface area contributed by atoms with Crippen LogP contribution in [0.2, 0.25) is 0 Å². The van der Waals surface area contributed by atoms with Crippen LogP contribution in [-0.4, -0.2) is 41.7 Å². The summed E-state index contributed by atoms with van der Waals surface area (Å²) in [5, 5.41) is 16.6. The summed E-state index contributed by atoms with van der Waals surface area (Å²) in [6.45, 7) is 0. The predicted octanol–water partition coefficient (Wildman–Crippen LogP) is 2.31. The SMILES string of the molecule is Cn1cnc(C(=O)Nc2ccc3cc(-c4cccc(C(=O)O)c4)[nH]c3n2)n1. The number of rotatable bonds is 4. The molecule has 0 unspecified atom stereocenters. The van der Waals surface area contributed by atoms with Gasteiger partial charge in [0, 0.05) is 18.1 Å². The summed E-state index contributed by atoms with van der Waals surface area (Å²) in [5.74, 6) is -1.03. The Bertz CT molecular complexity index is 1180. The first-order chi connectivity index (χ1) is 13.0. The van der Waals surface area contributed by atoms with E-state index < -0.39 is 11.9 Å². The second kappa shape index (κ2) is 6.37. The molecule has 0 fully saturated rings.